The second kappa shape index (κ2) is 17.7. The molecular formula is C14H32O6Sn. The second-order valence-electron chi connectivity index (χ2n) is 4.56. The molecule has 0 saturated heterocycles. The molecule has 0 aromatic heterocycles. The van der Waals surface area contributed by atoms with Crippen molar-refractivity contribution in [2.75, 3.05) is 14.2 Å². The molecule has 0 aromatic carbocycles. The molecule has 0 atom stereocenters. The zero-order chi connectivity index (χ0) is 17.3. The number of hydrogen-bond donors (Lipinski definition) is 2. The van der Waals surface area contributed by atoms with Crippen molar-refractivity contribution in [1.82, 2.24) is 0 Å². The summed E-state index contributed by atoms with van der Waals surface area (Å²) in [6.45, 7) is 6.61. The molecule has 0 fully saturated rings. The summed E-state index contributed by atoms with van der Waals surface area (Å²) in [6, 6.07) is 0. The molecule has 2 N–H and O–H groups in total. The number of aliphatic carboxylic acids is 2. The van der Waals surface area contributed by atoms with Gasteiger partial charge in [0.1, 0.15) is 0 Å². The van der Waals surface area contributed by atoms with Crippen molar-refractivity contribution in [3.63, 3.8) is 0 Å². The van der Waals surface area contributed by atoms with Crippen LogP contribution in [0.15, 0.2) is 0 Å². The Hall–Kier alpha value is -0.341. The number of rotatable bonds is 8. The van der Waals surface area contributed by atoms with Crippen LogP contribution >= 0.6 is 0 Å². The zero-order valence-corrected chi connectivity index (χ0v) is 17.1. The first-order valence-corrected chi connectivity index (χ1v) is 13.6. The summed E-state index contributed by atoms with van der Waals surface area (Å²) in [6.07, 6.45) is 5.03. The summed E-state index contributed by atoms with van der Waals surface area (Å²) >= 11 is -2.54. The van der Waals surface area contributed by atoms with E-state index >= 15 is 0 Å². The third-order valence-corrected chi connectivity index (χ3v) is 13.2. The van der Waals surface area contributed by atoms with Crippen molar-refractivity contribution in [1.29, 1.82) is 0 Å². The number of hydrogen-bond acceptors (Lipinski definition) is 4. The van der Waals surface area contributed by atoms with Crippen LogP contribution in [0.2, 0.25) is 8.87 Å². The van der Waals surface area contributed by atoms with Gasteiger partial charge in [0, 0.05) is 13.8 Å². The van der Waals surface area contributed by atoms with Gasteiger partial charge in [-0.3, -0.25) is 9.59 Å². The monoisotopic (exact) mass is 416 g/mol. The molecule has 0 aromatic rings. The van der Waals surface area contributed by atoms with Crippen LogP contribution < -0.4 is 0 Å². The molecule has 0 aliphatic carbocycles. The summed E-state index contributed by atoms with van der Waals surface area (Å²) in [5.41, 5.74) is 0. The van der Waals surface area contributed by atoms with Crippen LogP contribution in [-0.4, -0.2) is 55.6 Å². The Kier molecular flexibility index (Phi) is 21.6. The molecule has 128 valence electrons. The summed E-state index contributed by atoms with van der Waals surface area (Å²) in [4.78, 5) is 18.0. The number of carboxylic acid groups (broad SMARTS) is 2. The van der Waals surface area contributed by atoms with E-state index in [0.29, 0.717) is 0 Å². The molecule has 0 aliphatic rings. The predicted molar refractivity (Wildman–Crippen MR) is 85.8 cm³/mol. The fourth-order valence-corrected chi connectivity index (χ4v) is 10.1. The summed E-state index contributed by atoms with van der Waals surface area (Å²) in [5.74, 6) is -1.67. The molecule has 21 heavy (non-hydrogen) atoms. The Bertz CT molecular complexity index is 224. The molecule has 7 heteroatoms. The normalized spacial score (nSPS) is 9.81. The number of carbonyl (C=O) groups is 2. The Balaban J connectivity index is -0.000000334. The second-order valence-corrected chi connectivity index (χ2v) is 14.9. The van der Waals surface area contributed by atoms with Crippen molar-refractivity contribution < 1.29 is 26.0 Å². The van der Waals surface area contributed by atoms with Gasteiger partial charge in [-0.1, -0.05) is 0 Å². The number of unbranched alkanes of at least 4 members (excludes halogenated alkanes) is 2. The van der Waals surface area contributed by atoms with Crippen LogP contribution in [0.5, 0.6) is 0 Å². The molecule has 0 rings (SSSR count). The van der Waals surface area contributed by atoms with E-state index in [-0.39, 0.29) is 0 Å². The molecule has 0 amide bonds. The van der Waals surface area contributed by atoms with Gasteiger partial charge in [0.2, 0.25) is 0 Å². The maximum absolute atomic E-state index is 9.00. The van der Waals surface area contributed by atoms with Gasteiger partial charge in [-0.05, 0) is 0 Å². The van der Waals surface area contributed by atoms with Crippen LogP contribution in [0.1, 0.15) is 53.4 Å². The fourth-order valence-electron chi connectivity index (χ4n) is 1.51. The van der Waals surface area contributed by atoms with E-state index in [1.165, 1.54) is 34.6 Å². The van der Waals surface area contributed by atoms with E-state index in [1.54, 1.807) is 0 Å². The molecule has 6 nitrogen and oxygen atoms in total. The predicted octanol–water partition coefficient (Wildman–Crippen LogP) is 3.50. The van der Waals surface area contributed by atoms with Gasteiger partial charge in [-0.15, -0.1) is 0 Å². The molecule has 0 radical (unpaired) electrons. The Morgan fingerprint density at radius 3 is 1.24 bits per heavy atom. The minimum absolute atomic E-state index is 0.833. The molecule has 0 unspecified atom stereocenters. The average molecular weight is 415 g/mol. The van der Waals surface area contributed by atoms with Gasteiger partial charge >= 0.3 is 88.0 Å². The first-order chi connectivity index (χ1) is 9.71. The first kappa shape index (κ1) is 25.6. The quantitative estimate of drug-likeness (QED) is 0.590. The Morgan fingerprint density at radius 1 is 0.857 bits per heavy atom. The van der Waals surface area contributed by atoms with Gasteiger partial charge in [-0.25, -0.2) is 0 Å². The van der Waals surface area contributed by atoms with Crippen LogP contribution in [0, 0.1) is 0 Å². The third-order valence-electron chi connectivity index (χ3n) is 2.57. The topological polar surface area (TPSA) is 93.1 Å². The molecule has 0 aliphatic heterocycles. The third kappa shape index (κ3) is 25.0. The van der Waals surface area contributed by atoms with E-state index in [0.717, 1.165) is 13.8 Å². The van der Waals surface area contributed by atoms with Crippen molar-refractivity contribution in [3.8, 4) is 0 Å². The van der Waals surface area contributed by atoms with E-state index in [2.05, 4.69) is 13.8 Å². The molecule has 0 saturated carbocycles. The number of carboxylic acids is 2. The Labute approximate surface area is 133 Å². The first-order valence-electron chi connectivity index (χ1n) is 7.20. The SMILES string of the molecule is CC(=O)O.CC(=O)O.CCC[CH2][Sn]([CH2]CCC)([O]C)[O]C. The van der Waals surface area contributed by atoms with Crippen molar-refractivity contribution in [2.45, 2.75) is 62.3 Å². The van der Waals surface area contributed by atoms with Gasteiger partial charge < -0.3 is 10.2 Å². The van der Waals surface area contributed by atoms with Crippen molar-refractivity contribution >= 4 is 31.1 Å². The molecule has 0 heterocycles. The van der Waals surface area contributed by atoms with Crippen LogP contribution in [0.3, 0.4) is 0 Å². The molecule has 0 spiro atoms. The van der Waals surface area contributed by atoms with Gasteiger partial charge in [-0.2, -0.15) is 0 Å². The zero-order valence-electron chi connectivity index (χ0n) is 14.3. The van der Waals surface area contributed by atoms with Crippen molar-refractivity contribution in [3.05, 3.63) is 0 Å². The van der Waals surface area contributed by atoms with E-state index in [4.69, 9.17) is 26.0 Å². The van der Waals surface area contributed by atoms with Gasteiger partial charge in [0.25, 0.3) is 11.9 Å². The fraction of sp³-hybridized carbons (Fsp3) is 0.857. The van der Waals surface area contributed by atoms with E-state index in [9.17, 15) is 0 Å². The van der Waals surface area contributed by atoms with E-state index in [1.807, 2.05) is 14.2 Å². The average Bonchev–Trinajstić information content (AvgIpc) is 2.39. The Morgan fingerprint density at radius 2 is 1.10 bits per heavy atom. The maximum atomic E-state index is 9.00. The van der Waals surface area contributed by atoms with Crippen LogP contribution in [-0.2, 0) is 15.7 Å². The van der Waals surface area contributed by atoms with Crippen LogP contribution in [0.25, 0.3) is 0 Å². The summed E-state index contributed by atoms with van der Waals surface area (Å²) < 4.78 is 13.8. The molecular weight excluding hydrogens is 383 g/mol. The van der Waals surface area contributed by atoms with E-state index < -0.39 is 31.1 Å². The van der Waals surface area contributed by atoms with Crippen LogP contribution in [0.4, 0.5) is 0 Å². The van der Waals surface area contributed by atoms with Crippen molar-refractivity contribution in [2.24, 2.45) is 0 Å². The minimum atomic E-state index is -2.54. The standard InChI is InChI=1S/2C4H9.2C2H4O2.2CH3O.Sn/c2*1-3-4-2;2*1-2(3)4;2*1-2;/h2*1,3-4H2,2H3;2*1H3,(H,3,4);2*1H3;/q;;;;2*-1;+2. The van der Waals surface area contributed by atoms with Gasteiger partial charge in [0.05, 0.1) is 0 Å². The summed E-state index contributed by atoms with van der Waals surface area (Å²) in [5, 5.41) is 14.8. The van der Waals surface area contributed by atoms with Gasteiger partial charge in [0.15, 0.2) is 0 Å². The summed E-state index contributed by atoms with van der Waals surface area (Å²) in [7, 11) is 3.68. The molecule has 0 bridgehead atoms.